The second-order valence-electron chi connectivity index (χ2n) is 5.53. The average molecular weight is 333 g/mol. The summed E-state index contributed by atoms with van der Waals surface area (Å²) >= 11 is 0. The first-order valence-corrected chi connectivity index (χ1v) is 7.85. The third kappa shape index (κ3) is 4.77. The standard InChI is InChI=1S/C16H20FN5O2/c17-13-1-3-14(4-2-13)19-16(23)20-15-11-18-22(12-15)6-5-21-7-9-24-10-8-21/h1-4,11-12H,5-10H2,(H2,19,20,23). The van der Waals surface area contributed by atoms with Crippen LogP contribution in [0, 0.1) is 5.82 Å². The molecule has 0 spiro atoms. The summed E-state index contributed by atoms with van der Waals surface area (Å²) in [4.78, 5) is 14.2. The van der Waals surface area contributed by atoms with Crippen molar-refractivity contribution in [3.05, 3.63) is 42.5 Å². The zero-order valence-electron chi connectivity index (χ0n) is 13.2. The molecule has 1 aliphatic rings. The molecule has 0 bridgehead atoms. The quantitative estimate of drug-likeness (QED) is 0.878. The van der Waals surface area contributed by atoms with Gasteiger partial charge >= 0.3 is 6.03 Å². The lowest BCUT2D eigenvalue weighted by atomic mass is 10.3. The van der Waals surface area contributed by atoms with Gasteiger partial charge in [-0.2, -0.15) is 5.10 Å². The number of rotatable bonds is 5. The lowest BCUT2D eigenvalue weighted by molar-refractivity contribution is 0.0360. The molecule has 0 atom stereocenters. The van der Waals surface area contributed by atoms with Crippen LogP contribution in [0.5, 0.6) is 0 Å². The fourth-order valence-electron chi connectivity index (χ4n) is 2.45. The maximum absolute atomic E-state index is 12.8. The van der Waals surface area contributed by atoms with Crippen molar-refractivity contribution >= 4 is 17.4 Å². The molecule has 0 saturated carbocycles. The molecule has 1 aliphatic heterocycles. The van der Waals surface area contributed by atoms with E-state index in [1.165, 1.54) is 24.3 Å². The fraction of sp³-hybridized carbons (Fsp3) is 0.375. The highest BCUT2D eigenvalue weighted by Gasteiger charge is 2.10. The van der Waals surface area contributed by atoms with Crippen molar-refractivity contribution in [2.75, 3.05) is 43.5 Å². The number of aromatic nitrogens is 2. The van der Waals surface area contributed by atoms with Crippen molar-refractivity contribution < 1.29 is 13.9 Å². The highest BCUT2D eigenvalue weighted by Crippen LogP contribution is 2.10. The van der Waals surface area contributed by atoms with Crippen LogP contribution >= 0.6 is 0 Å². The number of carbonyl (C=O) groups excluding carboxylic acids is 1. The number of anilines is 2. The molecular weight excluding hydrogens is 313 g/mol. The van der Waals surface area contributed by atoms with Crippen LogP contribution in [0.1, 0.15) is 0 Å². The van der Waals surface area contributed by atoms with Gasteiger partial charge in [-0.3, -0.25) is 9.58 Å². The Bertz CT molecular complexity index is 667. The van der Waals surface area contributed by atoms with Crippen molar-refractivity contribution in [1.29, 1.82) is 0 Å². The van der Waals surface area contributed by atoms with Gasteiger partial charge in [0.25, 0.3) is 0 Å². The molecular formula is C16H20FN5O2. The van der Waals surface area contributed by atoms with Crippen LogP contribution < -0.4 is 10.6 Å². The third-order valence-corrected chi connectivity index (χ3v) is 3.74. The van der Waals surface area contributed by atoms with Gasteiger partial charge in [0.05, 0.1) is 31.6 Å². The summed E-state index contributed by atoms with van der Waals surface area (Å²) in [6.45, 7) is 5.07. The summed E-state index contributed by atoms with van der Waals surface area (Å²) in [6.07, 6.45) is 3.38. The Hall–Kier alpha value is -2.45. The van der Waals surface area contributed by atoms with Crippen LogP contribution in [-0.2, 0) is 11.3 Å². The Morgan fingerprint density at radius 3 is 2.58 bits per heavy atom. The minimum atomic E-state index is -0.394. The maximum atomic E-state index is 12.8. The van der Waals surface area contributed by atoms with Crippen LogP contribution in [0.2, 0.25) is 0 Å². The molecule has 0 aliphatic carbocycles. The molecule has 2 amide bonds. The normalized spacial score (nSPS) is 15.2. The van der Waals surface area contributed by atoms with Crippen LogP contribution in [0.3, 0.4) is 0 Å². The number of urea groups is 1. The maximum Gasteiger partial charge on any atom is 0.323 e. The zero-order valence-corrected chi connectivity index (χ0v) is 13.2. The molecule has 2 aromatic rings. The van der Waals surface area contributed by atoms with E-state index in [9.17, 15) is 9.18 Å². The van der Waals surface area contributed by atoms with E-state index >= 15 is 0 Å². The number of carbonyl (C=O) groups is 1. The molecule has 0 radical (unpaired) electrons. The molecule has 1 aromatic heterocycles. The van der Waals surface area contributed by atoms with Crippen molar-refractivity contribution in [3.63, 3.8) is 0 Å². The zero-order chi connectivity index (χ0) is 16.8. The molecule has 24 heavy (non-hydrogen) atoms. The summed E-state index contributed by atoms with van der Waals surface area (Å²) in [5.41, 5.74) is 1.13. The SMILES string of the molecule is O=C(Nc1ccc(F)cc1)Nc1cnn(CCN2CCOCC2)c1. The molecule has 8 heteroatoms. The van der Waals surface area contributed by atoms with E-state index in [-0.39, 0.29) is 5.82 Å². The Balaban J connectivity index is 1.46. The predicted octanol–water partition coefficient (Wildman–Crippen LogP) is 2.00. The molecule has 128 valence electrons. The van der Waals surface area contributed by atoms with Crippen LogP contribution in [0.25, 0.3) is 0 Å². The van der Waals surface area contributed by atoms with Crippen LogP contribution in [0.15, 0.2) is 36.7 Å². The molecule has 2 heterocycles. The Labute approximate surface area is 139 Å². The number of ether oxygens (including phenoxy) is 1. The van der Waals surface area contributed by atoms with Gasteiger partial charge in [0, 0.05) is 31.5 Å². The highest BCUT2D eigenvalue weighted by atomic mass is 19.1. The lowest BCUT2D eigenvalue weighted by Gasteiger charge is -2.26. The van der Waals surface area contributed by atoms with E-state index in [4.69, 9.17) is 4.74 Å². The molecule has 0 unspecified atom stereocenters. The molecule has 7 nitrogen and oxygen atoms in total. The second kappa shape index (κ2) is 7.89. The van der Waals surface area contributed by atoms with Gasteiger partial charge in [0.15, 0.2) is 0 Å². The van der Waals surface area contributed by atoms with E-state index in [0.717, 1.165) is 39.4 Å². The summed E-state index contributed by atoms with van der Waals surface area (Å²) in [7, 11) is 0. The lowest BCUT2D eigenvalue weighted by Crippen LogP contribution is -2.38. The van der Waals surface area contributed by atoms with E-state index in [1.54, 1.807) is 17.1 Å². The van der Waals surface area contributed by atoms with Gasteiger partial charge in [-0.05, 0) is 24.3 Å². The second-order valence-corrected chi connectivity index (χ2v) is 5.53. The first kappa shape index (κ1) is 16.4. The summed E-state index contributed by atoms with van der Waals surface area (Å²) in [5.74, 6) is -0.345. The van der Waals surface area contributed by atoms with E-state index in [0.29, 0.717) is 11.4 Å². The topological polar surface area (TPSA) is 71.4 Å². The van der Waals surface area contributed by atoms with Crippen molar-refractivity contribution in [1.82, 2.24) is 14.7 Å². The van der Waals surface area contributed by atoms with Crippen molar-refractivity contribution in [2.45, 2.75) is 6.54 Å². The summed E-state index contributed by atoms with van der Waals surface area (Å²) in [5, 5.41) is 9.58. The molecule has 3 rings (SSSR count). The van der Waals surface area contributed by atoms with Gasteiger partial charge in [0.2, 0.25) is 0 Å². The molecule has 1 aromatic carbocycles. The first-order valence-electron chi connectivity index (χ1n) is 7.85. The summed E-state index contributed by atoms with van der Waals surface area (Å²) in [6, 6.07) is 5.19. The highest BCUT2D eigenvalue weighted by molar-refractivity contribution is 5.99. The Kier molecular flexibility index (Phi) is 5.39. The predicted molar refractivity (Wildman–Crippen MR) is 88.5 cm³/mol. The van der Waals surface area contributed by atoms with Gasteiger partial charge in [-0.25, -0.2) is 9.18 Å². The number of nitrogens with zero attached hydrogens (tertiary/aromatic N) is 3. The van der Waals surface area contributed by atoms with Gasteiger partial charge in [-0.1, -0.05) is 0 Å². The van der Waals surface area contributed by atoms with E-state index in [1.807, 2.05) is 0 Å². The molecule has 1 fully saturated rings. The number of benzene rings is 1. The third-order valence-electron chi connectivity index (χ3n) is 3.74. The number of halogens is 1. The van der Waals surface area contributed by atoms with Crippen LogP contribution in [0.4, 0.5) is 20.6 Å². The molecule has 1 saturated heterocycles. The smallest absolute Gasteiger partial charge is 0.323 e. The number of morpholine rings is 1. The number of nitrogens with one attached hydrogen (secondary N) is 2. The average Bonchev–Trinajstić information content (AvgIpc) is 3.03. The van der Waals surface area contributed by atoms with Crippen LogP contribution in [-0.4, -0.2) is 53.6 Å². The van der Waals surface area contributed by atoms with E-state index < -0.39 is 6.03 Å². The minimum absolute atomic E-state index is 0.345. The van der Waals surface area contributed by atoms with Crippen molar-refractivity contribution in [3.8, 4) is 0 Å². The van der Waals surface area contributed by atoms with E-state index in [2.05, 4.69) is 20.6 Å². The van der Waals surface area contributed by atoms with Crippen molar-refractivity contribution in [2.24, 2.45) is 0 Å². The van der Waals surface area contributed by atoms with Gasteiger partial charge < -0.3 is 15.4 Å². The monoisotopic (exact) mass is 333 g/mol. The number of hydrogen-bond donors (Lipinski definition) is 2. The minimum Gasteiger partial charge on any atom is -0.379 e. The Morgan fingerprint density at radius 1 is 1.12 bits per heavy atom. The largest absolute Gasteiger partial charge is 0.379 e. The first-order chi connectivity index (χ1) is 11.7. The Morgan fingerprint density at radius 2 is 1.83 bits per heavy atom. The van der Waals surface area contributed by atoms with Gasteiger partial charge in [0.1, 0.15) is 5.82 Å². The number of hydrogen-bond acceptors (Lipinski definition) is 4. The molecule has 2 N–H and O–H groups in total. The fourth-order valence-corrected chi connectivity index (χ4v) is 2.45. The number of amides is 2. The van der Waals surface area contributed by atoms with Gasteiger partial charge in [-0.15, -0.1) is 0 Å². The summed E-state index contributed by atoms with van der Waals surface area (Å²) < 4.78 is 19.9.